The highest BCUT2D eigenvalue weighted by Crippen LogP contribution is 2.24. The summed E-state index contributed by atoms with van der Waals surface area (Å²) in [6, 6.07) is 0. The van der Waals surface area contributed by atoms with Crippen molar-refractivity contribution < 1.29 is 5.11 Å². The van der Waals surface area contributed by atoms with E-state index < -0.39 is 0 Å². The molecule has 0 bridgehead atoms. The van der Waals surface area contributed by atoms with Crippen LogP contribution >= 0.6 is 34.0 Å². The van der Waals surface area contributed by atoms with Gasteiger partial charge in [0.1, 0.15) is 0 Å². The Kier molecular flexibility index (Phi) is 7.47. The number of rotatable bonds is 2. The van der Waals surface area contributed by atoms with Crippen molar-refractivity contribution in [1.29, 1.82) is 0 Å². The molecular formula is C6H12ClNOS2. The van der Waals surface area contributed by atoms with Crippen LogP contribution in [-0.4, -0.2) is 35.5 Å². The lowest BCUT2D eigenvalue weighted by molar-refractivity contribution is 0.242. The van der Waals surface area contributed by atoms with E-state index >= 15 is 0 Å². The Labute approximate surface area is 81.2 Å². The SMILES string of the molecule is Cl.OCCN1C=CSSCC1. The second-order valence-electron chi connectivity index (χ2n) is 1.96. The predicted molar refractivity (Wildman–Crippen MR) is 55.1 cm³/mol. The van der Waals surface area contributed by atoms with Gasteiger partial charge in [-0.15, -0.1) is 12.4 Å². The molecule has 1 rings (SSSR count). The summed E-state index contributed by atoms with van der Waals surface area (Å²) in [6.07, 6.45) is 2.04. The van der Waals surface area contributed by atoms with E-state index in [1.807, 2.05) is 17.0 Å². The number of halogens is 1. The van der Waals surface area contributed by atoms with Crippen molar-refractivity contribution in [2.75, 3.05) is 25.4 Å². The quantitative estimate of drug-likeness (QED) is 0.704. The zero-order chi connectivity index (χ0) is 7.23. The molecule has 2 nitrogen and oxygen atoms in total. The highest BCUT2D eigenvalue weighted by atomic mass is 35.5. The van der Waals surface area contributed by atoms with Crippen molar-refractivity contribution in [3.05, 3.63) is 11.6 Å². The molecule has 0 aromatic heterocycles. The molecule has 5 heteroatoms. The van der Waals surface area contributed by atoms with E-state index in [-0.39, 0.29) is 19.0 Å². The van der Waals surface area contributed by atoms with Gasteiger partial charge < -0.3 is 10.0 Å². The first kappa shape index (κ1) is 11.5. The molecule has 0 aliphatic carbocycles. The molecule has 0 spiro atoms. The van der Waals surface area contributed by atoms with Gasteiger partial charge in [0.05, 0.1) is 6.61 Å². The van der Waals surface area contributed by atoms with Crippen LogP contribution in [0.2, 0.25) is 0 Å². The minimum Gasteiger partial charge on any atom is -0.395 e. The van der Waals surface area contributed by atoms with E-state index in [0.29, 0.717) is 0 Å². The molecule has 0 saturated heterocycles. The second kappa shape index (κ2) is 7.16. The van der Waals surface area contributed by atoms with Gasteiger partial charge in [-0.25, -0.2) is 0 Å². The third-order valence-electron chi connectivity index (χ3n) is 1.24. The van der Waals surface area contributed by atoms with E-state index in [0.717, 1.165) is 18.8 Å². The minimum atomic E-state index is 0. The maximum atomic E-state index is 8.62. The van der Waals surface area contributed by atoms with Crippen LogP contribution in [-0.2, 0) is 0 Å². The van der Waals surface area contributed by atoms with E-state index in [4.69, 9.17) is 5.11 Å². The van der Waals surface area contributed by atoms with Gasteiger partial charge in [-0.1, -0.05) is 21.6 Å². The lowest BCUT2D eigenvalue weighted by Crippen LogP contribution is -2.22. The van der Waals surface area contributed by atoms with Gasteiger partial charge in [0.25, 0.3) is 0 Å². The van der Waals surface area contributed by atoms with Gasteiger partial charge in [-0.05, 0) is 5.41 Å². The van der Waals surface area contributed by atoms with Crippen LogP contribution in [0.1, 0.15) is 0 Å². The van der Waals surface area contributed by atoms with Crippen molar-refractivity contribution in [2.24, 2.45) is 0 Å². The molecule has 0 aromatic carbocycles. The highest BCUT2D eigenvalue weighted by Gasteiger charge is 2.00. The molecule has 0 fully saturated rings. The Morgan fingerprint density at radius 1 is 1.55 bits per heavy atom. The van der Waals surface area contributed by atoms with E-state index in [1.54, 1.807) is 10.8 Å². The third-order valence-corrected chi connectivity index (χ3v) is 3.20. The number of nitrogens with zero attached hydrogens (tertiary/aromatic N) is 1. The summed E-state index contributed by atoms with van der Waals surface area (Å²) in [7, 11) is 3.61. The first-order chi connectivity index (χ1) is 4.93. The molecule has 0 aromatic rings. The molecule has 66 valence electrons. The molecule has 1 aliphatic heterocycles. The van der Waals surface area contributed by atoms with Crippen LogP contribution in [0, 0.1) is 0 Å². The maximum absolute atomic E-state index is 8.62. The molecule has 0 unspecified atom stereocenters. The first-order valence-electron chi connectivity index (χ1n) is 3.23. The first-order valence-corrected chi connectivity index (χ1v) is 5.61. The van der Waals surface area contributed by atoms with Crippen molar-refractivity contribution in [2.45, 2.75) is 0 Å². The van der Waals surface area contributed by atoms with E-state index in [9.17, 15) is 0 Å². The summed E-state index contributed by atoms with van der Waals surface area (Å²) in [4.78, 5) is 2.13. The summed E-state index contributed by atoms with van der Waals surface area (Å²) in [5, 5.41) is 10.7. The van der Waals surface area contributed by atoms with Crippen LogP contribution < -0.4 is 0 Å². The summed E-state index contributed by atoms with van der Waals surface area (Å²) in [5.74, 6) is 1.14. The maximum Gasteiger partial charge on any atom is 0.0606 e. The minimum absolute atomic E-state index is 0. The van der Waals surface area contributed by atoms with Crippen LogP contribution in [0.15, 0.2) is 11.6 Å². The molecule has 0 amide bonds. The fourth-order valence-corrected chi connectivity index (χ4v) is 2.34. The van der Waals surface area contributed by atoms with Crippen molar-refractivity contribution in [1.82, 2.24) is 4.90 Å². The van der Waals surface area contributed by atoms with Crippen LogP contribution in [0.4, 0.5) is 0 Å². The largest absolute Gasteiger partial charge is 0.395 e. The molecule has 0 saturated carbocycles. The van der Waals surface area contributed by atoms with Crippen molar-refractivity contribution in [3.8, 4) is 0 Å². The van der Waals surface area contributed by atoms with E-state index in [1.165, 1.54) is 0 Å². The molecule has 1 N–H and O–H groups in total. The summed E-state index contributed by atoms with van der Waals surface area (Å²) in [6.45, 7) is 2.06. The number of hydrogen-bond acceptors (Lipinski definition) is 4. The average Bonchev–Trinajstić information content (AvgIpc) is 2.17. The predicted octanol–water partition coefficient (Wildman–Crippen LogP) is 1.57. The Morgan fingerprint density at radius 3 is 3.09 bits per heavy atom. The molecule has 1 heterocycles. The van der Waals surface area contributed by atoms with Crippen molar-refractivity contribution >= 4 is 34.0 Å². The number of hydrogen-bond donors (Lipinski definition) is 1. The zero-order valence-electron chi connectivity index (χ0n) is 6.10. The smallest absolute Gasteiger partial charge is 0.0606 e. The average molecular weight is 214 g/mol. The van der Waals surface area contributed by atoms with Crippen molar-refractivity contribution in [3.63, 3.8) is 0 Å². The Balaban J connectivity index is 0.000001000. The Hall–Kier alpha value is 0.490. The van der Waals surface area contributed by atoms with Crippen LogP contribution in [0.5, 0.6) is 0 Å². The fourth-order valence-electron chi connectivity index (χ4n) is 0.742. The topological polar surface area (TPSA) is 23.5 Å². The molecule has 1 aliphatic rings. The third kappa shape index (κ3) is 4.85. The highest BCUT2D eigenvalue weighted by molar-refractivity contribution is 8.77. The lowest BCUT2D eigenvalue weighted by Gasteiger charge is -2.15. The normalized spacial score (nSPS) is 17.4. The number of β-amino-alcohol motifs (C(OH)–C–C–N with tert-alkyl or cyclic N) is 1. The molecule has 0 radical (unpaired) electrons. The lowest BCUT2D eigenvalue weighted by atomic mass is 10.5. The number of aliphatic hydroxyl groups excluding tert-OH is 1. The Morgan fingerprint density at radius 2 is 2.36 bits per heavy atom. The Bertz CT molecular complexity index is 123. The van der Waals surface area contributed by atoms with Gasteiger partial charge >= 0.3 is 0 Å². The van der Waals surface area contributed by atoms with Crippen LogP contribution in [0.25, 0.3) is 0 Å². The standard InChI is InChI=1S/C6H11NOS2.ClH/c8-4-1-7-2-5-9-10-6-3-7;/h2,5,8H,1,3-4,6H2;1H. The van der Waals surface area contributed by atoms with Gasteiger partial charge in [0.15, 0.2) is 0 Å². The van der Waals surface area contributed by atoms with Gasteiger partial charge in [-0.3, -0.25) is 0 Å². The summed E-state index contributed by atoms with van der Waals surface area (Å²) in [5.41, 5.74) is 0. The van der Waals surface area contributed by atoms with Gasteiger partial charge in [-0.2, -0.15) is 0 Å². The fraction of sp³-hybridized carbons (Fsp3) is 0.667. The summed E-state index contributed by atoms with van der Waals surface area (Å²) >= 11 is 0. The second-order valence-corrected chi connectivity index (χ2v) is 4.36. The summed E-state index contributed by atoms with van der Waals surface area (Å²) < 4.78 is 0. The molecule has 11 heavy (non-hydrogen) atoms. The zero-order valence-corrected chi connectivity index (χ0v) is 8.55. The monoisotopic (exact) mass is 213 g/mol. The van der Waals surface area contributed by atoms with Gasteiger partial charge in [0, 0.05) is 25.0 Å². The number of aliphatic hydroxyl groups is 1. The molecule has 0 atom stereocenters. The van der Waals surface area contributed by atoms with E-state index in [2.05, 4.69) is 10.3 Å². The molecular weight excluding hydrogens is 202 g/mol. The van der Waals surface area contributed by atoms with Crippen LogP contribution in [0.3, 0.4) is 0 Å². The van der Waals surface area contributed by atoms with Gasteiger partial charge in [0.2, 0.25) is 0 Å².